The van der Waals surface area contributed by atoms with Crippen LogP contribution in [0.15, 0.2) is 5.16 Å². The standard InChI is InChI=1S/C12H20N2O3/c1-11(2,3)16-10(15)9-8-12(17-14-9)4-6-13-7-5-12/h13H,4-8H2,1-3H3. The second kappa shape index (κ2) is 4.29. The molecule has 96 valence electrons. The molecule has 0 atom stereocenters. The third-order valence-electron chi connectivity index (χ3n) is 2.99. The van der Waals surface area contributed by atoms with Crippen LogP contribution in [0.5, 0.6) is 0 Å². The molecule has 0 unspecified atom stereocenters. The fraction of sp³-hybridized carbons (Fsp3) is 0.833. The Morgan fingerprint density at radius 1 is 1.41 bits per heavy atom. The third-order valence-corrected chi connectivity index (χ3v) is 2.99. The molecule has 17 heavy (non-hydrogen) atoms. The summed E-state index contributed by atoms with van der Waals surface area (Å²) >= 11 is 0. The van der Waals surface area contributed by atoms with Gasteiger partial charge in [0.05, 0.1) is 0 Å². The average molecular weight is 240 g/mol. The summed E-state index contributed by atoms with van der Waals surface area (Å²) in [6.07, 6.45) is 2.36. The van der Waals surface area contributed by atoms with Gasteiger partial charge in [0.1, 0.15) is 11.2 Å². The summed E-state index contributed by atoms with van der Waals surface area (Å²) in [5, 5.41) is 7.18. The van der Waals surface area contributed by atoms with Gasteiger partial charge in [0.15, 0.2) is 5.71 Å². The Kier molecular flexibility index (Phi) is 3.12. The van der Waals surface area contributed by atoms with Crippen LogP contribution in [0.1, 0.15) is 40.0 Å². The van der Waals surface area contributed by atoms with E-state index in [1.165, 1.54) is 0 Å². The van der Waals surface area contributed by atoms with Crippen molar-refractivity contribution >= 4 is 11.7 Å². The van der Waals surface area contributed by atoms with Crippen LogP contribution in [0.3, 0.4) is 0 Å². The third kappa shape index (κ3) is 2.97. The van der Waals surface area contributed by atoms with Gasteiger partial charge in [-0.05, 0) is 33.9 Å². The number of hydrogen-bond acceptors (Lipinski definition) is 5. The molecule has 0 aromatic carbocycles. The van der Waals surface area contributed by atoms with E-state index in [9.17, 15) is 4.79 Å². The zero-order chi connectivity index (χ0) is 12.5. The minimum Gasteiger partial charge on any atom is -0.455 e. The second-order valence-electron chi connectivity index (χ2n) is 5.74. The first-order valence-electron chi connectivity index (χ1n) is 6.09. The quantitative estimate of drug-likeness (QED) is 0.700. The van der Waals surface area contributed by atoms with Gasteiger partial charge in [-0.1, -0.05) is 5.16 Å². The molecule has 0 aromatic rings. The fourth-order valence-corrected chi connectivity index (χ4v) is 2.12. The molecule has 1 N–H and O–H groups in total. The Morgan fingerprint density at radius 2 is 2.06 bits per heavy atom. The van der Waals surface area contributed by atoms with Gasteiger partial charge in [-0.3, -0.25) is 0 Å². The van der Waals surface area contributed by atoms with Crippen LogP contribution in [0.4, 0.5) is 0 Å². The highest BCUT2D eigenvalue weighted by Gasteiger charge is 2.43. The van der Waals surface area contributed by atoms with Crippen molar-refractivity contribution in [3.63, 3.8) is 0 Å². The maximum absolute atomic E-state index is 11.8. The van der Waals surface area contributed by atoms with Crippen molar-refractivity contribution in [1.29, 1.82) is 0 Å². The van der Waals surface area contributed by atoms with E-state index in [0.29, 0.717) is 12.1 Å². The Balaban J connectivity index is 1.94. The van der Waals surface area contributed by atoms with Crippen molar-refractivity contribution in [1.82, 2.24) is 5.32 Å². The van der Waals surface area contributed by atoms with Crippen molar-refractivity contribution in [2.75, 3.05) is 13.1 Å². The molecule has 0 saturated carbocycles. The number of rotatable bonds is 1. The minimum absolute atomic E-state index is 0.266. The maximum atomic E-state index is 11.8. The highest BCUT2D eigenvalue weighted by molar-refractivity contribution is 6.37. The van der Waals surface area contributed by atoms with E-state index in [2.05, 4.69) is 10.5 Å². The molecule has 1 spiro atoms. The molecule has 0 amide bonds. The zero-order valence-corrected chi connectivity index (χ0v) is 10.7. The molecule has 0 bridgehead atoms. The number of ether oxygens (including phenoxy) is 1. The highest BCUT2D eigenvalue weighted by atomic mass is 16.7. The highest BCUT2D eigenvalue weighted by Crippen LogP contribution is 2.33. The van der Waals surface area contributed by atoms with E-state index in [0.717, 1.165) is 25.9 Å². The predicted octanol–water partition coefficient (Wildman–Crippen LogP) is 1.23. The van der Waals surface area contributed by atoms with Crippen LogP contribution in [-0.2, 0) is 14.4 Å². The van der Waals surface area contributed by atoms with Crippen LogP contribution in [-0.4, -0.2) is 36.0 Å². The summed E-state index contributed by atoms with van der Waals surface area (Å²) < 4.78 is 5.29. The molecule has 2 aliphatic heterocycles. The molecule has 1 saturated heterocycles. The normalized spacial score (nSPS) is 23.1. The van der Waals surface area contributed by atoms with Gasteiger partial charge in [0, 0.05) is 19.3 Å². The summed E-state index contributed by atoms with van der Waals surface area (Å²) in [4.78, 5) is 17.3. The number of hydrogen-bond donors (Lipinski definition) is 1. The van der Waals surface area contributed by atoms with Crippen LogP contribution in [0.25, 0.3) is 0 Å². The van der Waals surface area contributed by atoms with Gasteiger partial charge in [-0.15, -0.1) is 0 Å². The lowest BCUT2D eigenvalue weighted by Gasteiger charge is -2.30. The van der Waals surface area contributed by atoms with E-state index >= 15 is 0 Å². The topological polar surface area (TPSA) is 59.9 Å². The Hall–Kier alpha value is -1.10. The molecule has 5 nitrogen and oxygen atoms in total. The van der Waals surface area contributed by atoms with E-state index in [-0.39, 0.29) is 11.6 Å². The summed E-state index contributed by atoms with van der Waals surface area (Å²) in [5.41, 5.74) is -0.331. The summed E-state index contributed by atoms with van der Waals surface area (Å²) in [6, 6.07) is 0. The van der Waals surface area contributed by atoms with Gasteiger partial charge >= 0.3 is 5.97 Å². The van der Waals surface area contributed by atoms with Crippen molar-refractivity contribution in [3.8, 4) is 0 Å². The zero-order valence-electron chi connectivity index (χ0n) is 10.7. The summed E-state index contributed by atoms with van der Waals surface area (Å²) in [6.45, 7) is 7.37. The smallest absolute Gasteiger partial charge is 0.356 e. The molecule has 0 aliphatic carbocycles. The van der Waals surface area contributed by atoms with Crippen molar-refractivity contribution in [2.45, 2.75) is 51.2 Å². The lowest BCUT2D eigenvalue weighted by atomic mass is 9.88. The number of nitrogens with one attached hydrogen (secondary N) is 1. The molecule has 2 aliphatic rings. The molecular weight excluding hydrogens is 220 g/mol. The Morgan fingerprint density at radius 3 is 2.65 bits per heavy atom. The van der Waals surface area contributed by atoms with Gasteiger partial charge in [0.2, 0.25) is 0 Å². The van der Waals surface area contributed by atoms with E-state index in [1.54, 1.807) is 0 Å². The van der Waals surface area contributed by atoms with Gasteiger partial charge in [-0.2, -0.15) is 0 Å². The number of carbonyl (C=O) groups is 1. The summed E-state index contributed by atoms with van der Waals surface area (Å²) in [5.74, 6) is -0.354. The van der Waals surface area contributed by atoms with E-state index in [1.807, 2.05) is 20.8 Å². The van der Waals surface area contributed by atoms with Crippen LogP contribution in [0, 0.1) is 0 Å². The van der Waals surface area contributed by atoms with Crippen LogP contribution < -0.4 is 5.32 Å². The average Bonchev–Trinajstić information content (AvgIpc) is 2.61. The lowest BCUT2D eigenvalue weighted by Crippen LogP contribution is -2.42. The Bertz CT molecular complexity index is 338. The number of carbonyl (C=O) groups excluding carboxylic acids is 1. The molecule has 5 heteroatoms. The number of nitrogens with zero attached hydrogens (tertiary/aromatic N) is 1. The molecule has 0 aromatic heterocycles. The van der Waals surface area contributed by atoms with E-state index in [4.69, 9.17) is 9.57 Å². The molecule has 2 rings (SSSR count). The molecule has 1 fully saturated rings. The predicted molar refractivity (Wildman–Crippen MR) is 63.8 cm³/mol. The fourth-order valence-electron chi connectivity index (χ4n) is 2.12. The summed E-state index contributed by atoms with van der Waals surface area (Å²) in [7, 11) is 0. The van der Waals surface area contributed by atoms with Gasteiger partial charge in [-0.25, -0.2) is 4.79 Å². The second-order valence-corrected chi connectivity index (χ2v) is 5.74. The minimum atomic E-state index is -0.483. The largest absolute Gasteiger partial charge is 0.455 e. The molecular formula is C12H20N2O3. The first-order valence-corrected chi connectivity index (χ1v) is 6.09. The number of oxime groups is 1. The Labute approximate surface area is 102 Å². The molecule has 0 radical (unpaired) electrons. The van der Waals surface area contributed by atoms with Crippen molar-refractivity contribution in [3.05, 3.63) is 0 Å². The number of esters is 1. The lowest BCUT2D eigenvalue weighted by molar-refractivity contribution is -0.146. The van der Waals surface area contributed by atoms with Crippen molar-refractivity contribution in [2.24, 2.45) is 5.16 Å². The maximum Gasteiger partial charge on any atom is 0.356 e. The molecule has 2 heterocycles. The SMILES string of the molecule is CC(C)(C)OC(=O)C1=NOC2(CCNCC2)C1. The van der Waals surface area contributed by atoms with Crippen LogP contribution in [0.2, 0.25) is 0 Å². The first-order chi connectivity index (χ1) is 7.90. The number of piperidine rings is 1. The van der Waals surface area contributed by atoms with E-state index < -0.39 is 5.60 Å². The first kappa shape index (κ1) is 12.4. The monoisotopic (exact) mass is 240 g/mol. The van der Waals surface area contributed by atoms with Crippen molar-refractivity contribution < 1.29 is 14.4 Å². The van der Waals surface area contributed by atoms with Crippen LogP contribution >= 0.6 is 0 Å². The van der Waals surface area contributed by atoms with Gasteiger partial charge < -0.3 is 14.9 Å². The van der Waals surface area contributed by atoms with Gasteiger partial charge in [0.25, 0.3) is 0 Å².